The summed E-state index contributed by atoms with van der Waals surface area (Å²) in [5, 5.41) is 6.02. The third-order valence-electron chi connectivity index (χ3n) is 5.89. The Bertz CT molecular complexity index is 1090. The molecule has 1 aliphatic rings. The number of piperazine rings is 1. The van der Waals surface area contributed by atoms with Gasteiger partial charge in [-0.05, 0) is 43.3 Å². The van der Waals surface area contributed by atoms with Crippen molar-refractivity contribution in [3.63, 3.8) is 0 Å². The zero-order chi connectivity index (χ0) is 23.9. The maximum absolute atomic E-state index is 12.7. The van der Waals surface area contributed by atoms with Gasteiger partial charge in [-0.2, -0.15) is 0 Å². The minimum atomic E-state index is -0.218. The first-order valence-electron chi connectivity index (χ1n) is 11.5. The van der Waals surface area contributed by atoms with E-state index < -0.39 is 0 Å². The SMILES string of the molecule is COc1ccc(-c2nc(CN3CCN(C(=O)CC(C)NC(=O)c4ccccc4)CC3)cs2)cc1. The lowest BCUT2D eigenvalue weighted by Gasteiger charge is -2.35. The normalized spacial score (nSPS) is 15.1. The van der Waals surface area contributed by atoms with Crippen molar-refractivity contribution in [3.8, 4) is 16.3 Å². The van der Waals surface area contributed by atoms with E-state index in [2.05, 4.69) is 15.6 Å². The van der Waals surface area contributed by atoms with Crippen LogP contribution in [-0.4, -0.2) is 65.9 Å². The van der Waals surface area contributed by atoms with Gasteiger partial charge in [0.2, 0.25) is 5.91 Å². The summed E-state index contributed by atoms with van der Waals surface area (Å²) >= 11 is 1.64. The van der Waals surface area contributed by atoms with Crippen molar-refractivity contribution in [2.45, 2.75) is 25.9 Å². The highest BCUT2D eigenvalue weighted by molar-refractivity contribution is 7.13. The fourth-order valence-corrected chi connectivity index (χ4v) is 4.79. The van der Waals surface area contributed by atoms with Crippen molar-refractivity contribution in [1.82, 2.24) is 20.1 Å². The van der Waals surface area contributed by atoms with Gasteiger partial charge in [0.15, 0.2) is 0 Å². The predicted molar refractivity (Wildman–Crippen MR) is 134 cm³/mol. The number of hydrogen-bond donors (Lipinski definition) is 1. The Morgan fingerprint density at radius 1 is 1.06 bits per heavy atom. The Labute approximate surface area is 204 Å². The standard InChI is InChI=1S/C26H30N4O3S/c1-19(27-25(32)20-6-4-3-5-7-20)16-24(31)30-14-12-29(13-15-30)17-22-18-34-26(28-22)21-8-10-23(33-2)11-9-21/h3-11,18-19H,12-17H2,1-2H3,(H,27,32). The van der Waals surface area contributed by atoms with Gasteiger partial charge >= 0.3 is 0 Å². The number of methoxy groups -OCH3 is 1. The molecule has 1 fully saturated rings. The number of ether oxygens (including phenoxy) is 1. The Balaban J connectivity index is 1.22. The number of hydrogen-bond acceptors (Lipinski definition) is 6. The van der Waals surface area contributed by atoms with E-state index in [1.807, 2.05) is 54.3 Å². The van der Waals surface area contributed by atoms with Crippen molar-refractivity contribution in [3.05, 3.63) is 71.2 Å². The van der Waals surface area contributed by atoms with Gasteiger partial charge in [0.1, 0.15) is 10.8 Å². The second-order valence-corrected chi connectivity index (χ2v) is 9.33. The molecular formula is C26H30N4O3S. The second kappa shape index (κ2) is 11.3. The van der Waals surface area contributed by atoms with Gasteiger partial charge in [0, 0.05) is 61.7 Å². The number of thiazole rings is 1. The zero-order valence-corrected chi connectivity index (χ0v) is 20.4. The number of carbonyl (C=O) groups excluding carboxylic acids is 2. The molecule has 1 atom stereocenters. The van der Waals surface area contributed by atoms with Crippen LogP contribution in [0.25, 0.3) is 10.6 Å². The van der Waals surface area contributed by atoms with Crippen LogP contribution in [0.4, 0.5) is 0 Å². The van der Waals surface area contributed by atoms with Crippen LogP contribution in [-0.2, 0) is 11.3 Å². The van der Waals surface area contributed by atoms with E-state index in [4.69, 9.17) is 9.72 Å². The molecule has 0 bridgehead atoms. The Morgan fingerprint density at radius 2 is 1.76 bits per heavy atom. The lowest BCUT2D eigenvalue weighted by Crippen LogP contribution is -2.49. The van der Waals surface area contributed by atoms with Crippen LogP contribution in [0.1, 0.15) is 29.4 Å². The first-order valence-corrected chi connectivity index (χ1v) is 12.3. The molecule has 2 aromatic carbocycles. The van der Waals surface area contributed by atoms with Gasteiger partial charge in [-0.1, -0.05) is 18.2 Å². The van der Waals surface area contributed by atoms with E-state index in [1.54, 1.807) is 30.6 Å². The number of nitrogens with one attached hydrogen (secondary N) is 1. The highest BCUT2D eigenvalue weighted by Crippen LogP contribution is 2.26. The molecule has 1 saturated heterocycles. The van der Waals surface area contributed by atoms with E-state index in [0.29, 0.717) is 25.1 Å². The number of nitrogens with zero attached hydrogens (tertiary/aromatic N) is 3. The molecule has 7 nitrogen and oxygen atoms in total. The van der Waals surface area contributed by atoms with Crippen molar-refractivity contribution >= 4 is 23.2 Å². The lowest BCUT2D eigenvalue weighted by molar-refractivity contribution is -0.133. The van der Waals surface area contributed by atoms with Crippen LogP contribution in [0.3, 0.4) is 0 Å². The summed E-state index contributed by atoms with van der Waals surface area (Å²) < 4.78 is 5.22. The van der Waals surface area contributed by atoms with E-state index in [0.717, 1.165) is 41.6 Å². The van der Waals surface area contributed by atoms with Gasteiger partial charge in [-0.3, -0.25) is 14.5 Å². The summed E-state index contributed by atoms with van der Waals surface area (Å²) in [7, 11) is 1.66. The maximum Gasteiger partial charge on any atom is 0.251 e. The molecule has 1 aromatic heterocycles. The minimum Gasteiger partial charge on any atom is -0.497 e. The predicted octanol–water partition coefficient (Wildman–Crippen LogP) is 3.67. The van der Waals surface area contributed by atoms with E-state index in [9.17, 15) is 9.59 Å². The summed E-state index contributed by atoms with van der Waals surface area (Å²) in [6, 6.07) is 16.8. The largest absolute Gasteiger partial charge is 0.497 e. The lowest BCUT2D eigenvalue weighted by atomic mass is 10.1. The fraction of sp³-hybridized carbons (Fsp3) is 0.346. The molecule has 1 unspecified atom stereocenters. The topological polar surface area (TPSA) is 74.8 Å². The van der Waals surface area contributed by atoms with Crippen molar-refractivity contribution < 1.29 is 14.3 Å². The summed E-state index contributed by atoms with van der Waals surface area (Å²) in [6.07, 6.45) is 0.301. The minimum absolute atomic E-state index is 0.0796. The van der Waals surface area contributed by atoms with Crippen LogP contribution >= 0.6 is 11.3 Å². The molecule has 178 valence electrons. The molecular weight excluding hydrogens is 448 g/mol. The van der Waals surface area contributed by atoms with Crippen molar-refractivity contribution in [1.29, 1.82) is 0 Å². The molecule has 0 spiro atoms. The average Bonchev–Trinajstić information content (AvgIpc) is 3.33. The molecule has 0 radical (unpaired) electrons. The fourth-order valence-electron chi connectivity index (χ4n) is 3.97. The van der Waals surface area contributed by atoms with Gasteiger partial charge < -0.3 is 15.0 Å². The summed E-state index contributed by atoms with van der Waals surface area (Å²) in [5.74, 6) is 0.764. The Morgan fingerprint density at radius 3 is 2.44 bits per heavy atom. The van der Waals surface area contributed by atoms with Gasteiger partial charge in [-0.25, -0.2) is 4.98 Å². The Hall–Kier alpha value is -3.23. The van der Waals surface area contributed by atoms with Gasteiger partial charge in [0.25, 0.3) is 5.91 Å². The average molecular weight is 479 g/mol. The zero-order valence-electron chi connectivity index (χ0n) is 19.6. The number of aromatic nitrogens is 1. The van der Waals surface area contributed by atoms with Crippen molar-refractivity contribution in [2.24, 2.45) is 0 Å². The van der Waals surface area contributed by atoms with Crippen molar-refractivity contribution in [2.75, 3.05) is 33.3 Å². The smallest absolute Gasteiger partial charge is 0.251 e. The second-order valence-electron chi connectivity index (χ2n) is 8.47. The summed E-state index contributed by atoms with van der Waals surface area (Å²) in [4.78, 5) is 34.0. The first kappa shape index (κ1) is 23.9. The summed E-state index contributed by atoms with van der Waals surface area (Å²) in [5.41, 5.74) is 2.74. The molecule has 34 heavy (non-hydrogen) atoms. The third-order valence-corrected chi connectivity index (χ3v) is 6.83. The molecule has 2 heterocycles. The summed E-state index contributed by atoms with van der Waals surface area (Å²) in [6.45, 7) is 5.65. The molecule has 1 N–H and O–H groups in total. The molecule has 4 rings (SSSR count). The number of amides is 2. The van der Waals surface area contributed by atoms with Crippen LogP contribution < -0.4 is 10.1 Å². The third kappa shape index (κ3) is 6.21. The van der Waals surface area contributed by atoms with E-state index >= 15 is 0 Å². The number of rotatable bonds is 8. The monoisotopic (exact) mass is 478 g/mol. The molecule has 0 saturated carbocycles. The number of carbonyl (C=O) groups is 2. The van der Waals surface area contributed by atoms with Crippen LogP contribution in [0.2, 0.25) is 0 Å². The molecule has 2 amide bonds. The van der Waals surface area contributed by atoms with Gasteiger partial charge in [0.05, 0.1) is 12.8 Å². The highest BCUT2D eigenvalue weighted by Gasteiger charge is 2.23. The quantitative estimate of drug-likeness (QED) is 0.535. The van der Waals surface area contributed by atoms with Crippen LogP contribution in [0.5, 0.6) is 5.75 Å². The molecule has 1 aliphatic heterocycles. The first-order chi connectivity index (χ1) is 16.5. The molecule has 3 aromatic rings. The Kier molecular flexibility index (Phi) is 7.92. The molecule has 0 aliphatic carbocycles. The van der Waals surface area contributed by atoms with Gasteiger partial charge in [-0.15, -0.1) is 11.3 Å². The highest BCUT2D eigenvalue weighted by atomic mass is 32.1. The van der Waals surface area contributed by atoms with E-state index in [-0.39, 0.29) is 17.9 Å². The van der Waals surface area contributed by atoms with Crippen LogP contribution in [0, 0.1) is 0 Å². The number of benzene rings is 2. The molecule has 8 heteroatoms. The maximum atomic E-state index is 12.7. The van der Waals surface area contributed by atoms with Crippen LogP contribution in [0.15, 0.2) is 60.0 Å². The van der Waals surface area contributed by atoms with E-state index in [1.165, 1.54) is 0 Å².